The van der Waals surface area contributed by atoms with Crippen LogP contribution in [-0.2, 0) is 11.8 Å². The first-order valence-corrected chi connectivity index (χ1v) is 7.80. The van der Waals surface area contributed by atoms with Crippen molar-refractivity contribution in [2.24, 2.45) is 7.05 Å². The van der Waals surface area contributed by atoms with Crippen LogP contribution in [0, 0.1) is 6.92 Å². The molecule has 0 spiro atoms. The summed E-state index contributed by atoms with van der Waals surface area (Å²) in [6.07, 6.45) is 5.68. The minimum Gasteiger partial charge on any atom is -0.345 e. The van der Waals surface area contributed by atoms with Crippen molar-refractivity contribution in [1.29, 1.82) is 0 Å². The number of piperidine rings is 1. The van der Waals surface area contributed by atoms with Crippen LogP contribution < -0.4 is 5.32 Å². The van der Waals surface area contributed by atoms with Gasteiger partial charge in [-0.3, -0.25) is 19.3 Å². The van der Waals surface area contributed by atoms with Crippen LogP contribution in [-0.4, -0.2) is 49.6 Å². The average molecular weight is 328 g/mol. The van der Waals surface area contributed by atoms with E-state index in [1.807, 2.05) is 20.0 Å². The Hall–Kier alpha value is -2.77. The summed E-state index contributed by atoms with van der Waals surface area (Å²) in [6.45, 7) is 1.81. The summed E-state index contributed by atoms with van der Waals surface area (Å²) < 4.78 is 1.73. The molecule has 1 fully saturated rings. The largest absolute Gasteiger partial charge is 0.345 e. The molecule has 0 aromatic carbocycles. The molecule has 0 bridgehead atoms. The molecule has 3 rings (SSSR count). The predicted octanol–water partition coefficient (Wildman–Crippen LogP) is 0.610. The lowest BCUT2D eigenvalue weighted by molar-refractivity contribution is -0.136. The second kappa shape index (κ2) is 6.38. The molecule has 0 aliphatic carbocycles. The smallest absolute Gasteiger partial charge is 0.271 e. The van der Waals surface area contributed by atoms with Gasteiger partial charge in [-0.15, -0.1) is 0 Å². The van der Waals surface area contributed by atoms with Gasteiger partial charge in [0.1, 0.15) is 5.69 Å². The summed E-state index contributed by atoms with van der Waals surface area (Å²) >= 11 is 0. The van der Waals surface area contributed by atoms with Crippen molar-refractivity contribution in [3.63, 3.8) is 0 Å². The van der Waals surface area contributed by atoms with E-state index >= 15 is 0 Å². The van der Waals surface area contributed by atoms with E-state index in [0.29, 0.717) is 12.8 Å². The first kappa shape index (κ1) is 16.1. The van der Waals surface area contributed by atoms with Crippen molar-refractivity contribution in [1.82, 2.24) is 30.0 Å². The summed E-state index contributed by atoms with van der Waals surface area (Å²) in [5, 5.41) is 7.17. The number of carbonyl (C=O) groups excluding carboxylic acids is 2. The Morgan fingerprint density at radius 2 is 2.08 bits per heavy atom. The molecule has 24 heavy (non-hydrogen) atoms. The summed E-state index contributed by atoms with van der Waals surface area (Å²) in [4.78, 5) is 34.5. The maximum Gasteiger partial charge on any atom is 0.271 e. The highest BCUT2D eigenvalue weighted by Gasteiger charge is 2.37. The normalized spacial score (nSPS) is 21.0. The minimum atomic E-state index is -0.289. The van der Waals surface area contributed by atoms with Crippen LogP contribution >= 0.6 is 0 Å². The second-order valence-corrected chi connectivity index (χ2v) is 5.99. The molecule has 1 aliphatic heterocycles. The van der Waals surface area contributed by atoms with Gasteiger partial charge in [0.05, 0.1) is 29.7 Å². The molecule has 2 amide bonds. The number of aromatic nitrogens is 4. The van der Waals surface area contributed by atoms with Crippen LogP contribution in [0.5, 0.6) is 0 Å². The molecule has 2 aromatic rings. The van der Waals surface area contributed by atoms with Gasteiger partial charge in [0.25, 0.3) is 5.91 Å². The van der Waals surface area contributed by atoms with Gasteiger partial charge in [0.2, 0.25) is 5.91 Å². The van der Waals surface area contributed by atoms with Gasteiger partial charge in [-0.25, -0.2) is 4.98 Å². The third-order valence-corrected chi connectivity index (χ3v) is 4.35. The molecular weight excluding hydrogens is 308 g/mol. The number of rotatable bonds is 3. The van der Waals surface area contributed by atoms with Crippen molar-refractivity contribution >= 4 is 11.8 Å². The van der Waals surface area contributed by atoms with E-state index in [2.05, 4.69) is 20.4 Å². The molecule has 1 saturated heterocycles. The molecule has 8 nitrogen and oxygen atoms in total. The molecule has 126 valence electrons. The summed E-state index contributed by atoms with van der Waals surface area (Å²) in [6, 6.07) is 1.39. The monoisotopic (exact) mass is 328 g/mol. The Labute approximate surface area is 139 Å². The number of nitrogens with one attached hydrogen (secondary N) is 1. The highest BCUT2D eigenvalue weighted by atomic mass is 16.2. The molecule has 1 N–H and O–H groups in total. The number of aryl methyl sites for hydroxylation is 2. The molecule has 1 aliphatic rings. The Morgan fingerprint density at radius 1 is 1.29 bits per heavy atom. The highest BCUT2D eigenvalue weighted by Crippen LogP contribution is 2.30. The number of likely N-dealkylation sites (tertiary alicyclic amines) is 1. The lowest BCUT2D eigenvalue weighted by Crippen LogP contribution is -2.51. The lowest BCUT2D eigenvalue weighted by atomic mass is 9.93. The SMILES string of the molecule is Cc1cnc(C(=O)N[C@@H]2CCC(=O)N(C)[C@H]2c2ccnn2C)cn1. The van der Waals surface area contributed by atoms with E-state index in [9.17, 15) is 9.59 Å². The predicted molar refractivity (Wildman–Crippen MR) is 86.0 cm³/mol. The maximum atomic E-state index is 12.5. The first-order chi connectivity index (χ1) is 11.5. The van der Waals surface area contributed by atoms with Crippen LogP contribution in [0.1, 0.15) is 40.8 Å². The van der Waals surface area contributed by atoms with Crippen LogP contribution in [0.15, 0.2) is 24.7 Å². The van der Waals surface area contributed by atoms with E-state index in [4.69, 9.17) is 0 Å². The van der Waals surface area contributed by atoms with Crippen LogP contribution in [0.3, 0.4) is 0 Å². The third-order valence-electron chi connectivity index (χ3n) is 4.35. The molecule has 0 saturated carbocycles. The zero-order valence-corrected chi connectivity index (χ0v) is 13.9. The summed E-state index contributed by atoms with van der Waals surface area (Å²) in [5.41, 5.74) is 1.90. The van der Waals surface area contributed by atoms with Gasteiger partial charge in [-0.05, 0) is 19.4 Å². The van der Waals surface area contributed by atoms with E-state index in [1.54, 1.807) is 29.0 Å². The maximum absolute atomic E-state index is 12.5. The van der Waals surface area contributed by atoms with Gasteiger partial charge >= 0.3 is 0 Å². The molecular formula is C16H20N6O2. The zero-order chi connectivity index (χ0) is 17.3. The summed E-state index contributed by atoms with van der Waals surface area (Å²) in [7, 11) is 3.58. The minimum absolute atomic E-state index is 0.0572. The number of nitrogens with zero attached hydrogens (tertiary/aromatic N) is 5. The molecule has 8 heteroatoms. The summed E-state index contributed by atoms with van der Waals surface area (Å²) in [5.74, 6) is -0.232. The van der Waals surface area contributed by atoms with Crippen molar-refractivity contribution in [2.75, 3.05) is 7.05 Å². The molecule has 3 heterocycles. The molecule has 2 aromatic heterocycles. The first-order valence-electron chi connectivity index (χ1n) is 7.80. The Morgan fingerprint density at radius 3 is 2.71 bits per heavy atom. The van der Waals surface area contributed by atoms with Crippen LogP contribution in [0.25, 0.3) is 0 Å². The number of amides is 2. The van der Waals surface area contributed by atoms with E-state index in [1.165, 1.54) is 6.20 Å². The quantitative estimate of drug-likeness (QED) is 0.891. The van der Waals surface area contributed by atoms with E-state index < -0.39 is 0 Å². The van der Waals surface area contributed by atoms with Crippen molar-refractivity contribution in [2.45, 2.75) is 31.8 Å². The van der Waals surface area contributed by atoms with Crippen molar-refractivity contribution < 1.29 is 9.59 Å². The third kappa shape index (κ3) is 2.99. The second-order valence-electron chi connectivity index (χ2n) is 5.99. The Bertz CT molecular complexity index is 754. The van der Waals surface area contributed by atoms with Crippen LogP contribution in [0.2, 0.25) is 0 Å². The van der Waals surface area contributed by atoms with Gasteiger partial charge < -0.3 is 10.2 Å². The number of hydrogen-bond acceptors (Lipinski definition) is 5. The fourth-order valence-electron chi connectivity index (χ4n) is 3.02. The van der Waals surface area contributed by atoms with Gasteiger partial charge in [-0.2, -0.15) is 5.10 Å². The zero-order valence-electron chi connectivity index (χ0n) is 13.9. The molecule has 2 atom stereocenters. The standard InChI is InChI=1S/C16H20N6O2/c1-10-8-18-12(9-17-10)16(24)20-11-4-5-14(23)21(2)15(11)13-6-7-19-22(13)3/h6-9,11,15H,4-5H2,1-3H3,(H,20,24)/t11-,15-/m1/s1. The van der Waals surface area contributed by atoms with Crippen molar-refractivity contribution in [3.05, 3.63) is 41.7 Å². The fraction of sp³-hybridized carbons (Fsp3) is 0.438. The van der Waals surface area contributed by atoms with E-state index in [-0.39, 0.29) is 29.6 Å². The molecule has 0 radical (unpaired) electrons. The number of likely N-dealkylation sites (N-methyl/N-ethyl adjacent to an activating group) is 1. The van der Waals surface area contributed by atoms with Gasteiger partial charge in [-0.1, -0.05) is 0 Å². The molecule has 0 unspecified atom stereocenters. The fourth-order valence-corrected chi connectivity index (χ4v) is 3.02. The Kier molecular flexibility index (Phi) is 4.28. The van der Waals surface area contributed by atoms with Gasteiger partial charge in [0, 0.05) is 32.9 Å². The lowest BCUT2D eigenvalue weighted by Gasteiger charge is -2.39. The number of hydrogen-bond donors (Lipinski definition) is 1. The van der Waals surface area contributed by atoms with E-state index in [0.717, 1.165) is 11.4 Å². The van der Waals surface area contributed by atoms with Crippen LogP contribution in [0.4, 0.5) is 0 Å². The topological polar surface area (TPSA) is 93.0 Å². The average Bonchev–Trinajstić information content (AvgIpc) is 2.97. The Balaban J connectivity index is 1.84. The van der Waals surface area contributed by atoms with Gasteiger partial charge in [0.15, 0.2) is 0 Å². The highest BCUT2D eigenvalue weighted by molar-refractivity contribution is 5.92. The number of carbonyl (C=O) groups is 2. The van der Waals surface area contributed by atoms with Crippen molar-refractivity contribution in [3.8, 4) is 0 Å².